The van der Waals surface area contributed by atoms with Crippen LogP contribution in [-0.4, -0.2) is 44.8 Å². The van der Waals surface area contributed by atoms with Crippen molar-refractivity contribution < 1.29 is 14.3 Å². The quantitative estimate of drug-likeness (QED) is 0.648. The van der Waals surface area contributed by atoms with Gasteiger partial charge in [0, 0.05) is 0 Å². The van der Waals surface area contributed by atoms with E-state index in [1.165, 1.54) is 7.11 Å². The summed E-state index contributed by atoms with van der Waals surface area (Å²) in [6.07, 6.45) is 0. The van der Waals surface area contributed by atoms with Crippen LogP contribution in [0.1, 0.15) is 35.9 Å². The zero-order valence-corrected chi connectivity index (χ0v) is 15.8. The molecule has 1 atom stereocenters. The molecule has 27 heavy (non-hydrogen) atoms. The summed E-state index contributed by atoms with van der Waals surface area (Å²) in [6.45, 7) is 6.13. The molecule has 0 saturated heterocycles. The highest BCUT2D eigenvalue weighted by atomic mass is 16.5. The highest BCUT2D eigenvalue weighted by Gasteiger charge is 2.26. The monoisotopic (exact) mass is 369 g/mol. The number of fused-ring (bicyclic) bond motifs is 1. The molecule has 8 heteroatoms. The Morgan fingerprint density at radius 2 is 2.04 bits per heavy atom. The summed E-state index contributed by atoms with van der Waals surface area (Å²) >= 11 is 0. The molecular weight excluding hydrogens is 346 g/mol. The van der Waals surface area contributed by atoms with E-state index >= 15 is 0 Å². The molecule has 0 bridgehead atoms. The Morgan fingerprint density at radius 1 is 1.30 bits per heavy atom. The van der Waals surface area contributed by atoms with Crippen LogP contribution in [-0.2, 0) is 16.1 Å². The molecule has 2 heterocycles. The number of ether oxygens (including phenoxy) is 1. The van der Waals surface area contributed by atoms with Crippen molar-refractivity contribution in [1.82, 2.24) is 25.1 Å². The molecule has 0 saturated carbocycles. The number of hydrogen-bond donors (Lipinski definition) is 2. The van der Waals surface area contributed by atoms with E-state index in [9.17, 15) is 9.59 Å². The number of imidazole rings is 1. The average Bonchev–Trinajstić information content (AvgIpc) is 3.24. The third kappa shape index (κ3) is 3.84. The topological polar surface area (TPSA) is 102 Å². The lowest BCUT2D eigenvalue weighted by Gasteiger charge is -2.18. The van der Waals surface area contributed by atoms with E-state index < -0.39 is 17.9 Å². The van der Waals surface area contributed by atoms with Gasteiger partial charge in [-0.05, 0) is 31.0 Å². The second-order valence-corrected chi connectivity index (χ2v) is 6.73. The minimum absolute atomic E-state index is 0.0974. The molecule has 0 unspecified atom stereocenters. The van der Waals surface area contributed by atoms with Gasteiger partial charge in [-0.15, -0.1) is 0 Å². The largest absolute Gasteiger partial charge is 0.467 e. The standard InChI is InChI=1S/C19H23N5O3/c1-11(2)17(19(26)27-4)21-18(25)15-9-13(22-23-15)10-24-12(3)20-14-7-5-6-8-16(14)24/h5-9,11,17H,10H2,1-4H3,(H,21,25)(H,22,23)/t17-/m0/s1. The molecule has 0 aliphatic rings. The van der Waals surface area contributed by atoms with Crippen LogP contribution in [0.25, 0.3) is 11.0 Å². The van der Waals surface area contributed by atoms with Gasteiger partial charge in [0.1, 0.15) is 17.6 Å². The van der Waals surface area contributed by atoms with Crippen molar-refractivity contribution in [3.63, 3.8) is 0 Å². The first-order valence-corrected chi connectivity index (χ1v) is 8.75. The number of aryl methyl sites for hydroxylation is 1. The lowest BCUT2D eigenvalue weighted by Crippen LogP contribution is -2.45. The van der Waals surface area contributed by atoms with E-state index in [-0.39, 0.29) is 11.6 Å². The van der Waals surface area contributed by atoms with Crippen molar-refractivity contribution in [1.29, 1.82) is 0 Å². The Bertz CT molecular complexity index is 973. The minimum Gasteiger partial charge on any atom is -0.467 e. The van der Waals surface area contributed by atoms with E-state index in [4.69, 9.17) is 4.74 Å². The summed E-state index contributed by atoms with van der Waals surface area (Å²) in [5.74, 6) is -0.120. The van der Waals surface area contributed by atoms with E-state index in [2.05, 4.69) is 25.1 Å². The van der Waals surface area contributed by atoms with Gasteiger partial charge in [0.25, 0.3) is 5.91 Å². The zero-order valence-electron chi connectivity index (χ0n) is 15.8. The first-order chi connectivity index (χ1) is 12.9. The fraction of sp³-hybridized carbons (Fsp3) is 0.368. The molecule has 2 N–H and O–H groups in total. The van der Waals surface area contributed by atoms with Crippen LogP contribution in [0.5, 0.6) is 0 Å². The molecule has 142 valence electrons. The number of carbonyl (C=O) groups is 2. The number of aromatic nitrogens is 4. The summed E-state index contributed by atoms with van der Waals surface area (Å²) in [5.41, 5.74) is 2.93. The van der Waals surface area contributed by atoms with Crippen LogP contribution in [0.2, 0.25) is 0 Å². The Kier molecular flexibility index (Phi) is 5.25. The number of para-hydroxylation sites is 2. The smallest absolute Gasteiger partial charge is 0.328 e. The van der Waals surface area contributed by atoms with Crippen LogP contribution in [0.4, 0.5) is 0 Å². The highest BCUT2D eigenvalue weighted by Crippen LogP contribution is 2.17. The molecular formula is C19H23N5O3. The number of rotatable bonds is 6. The fourth-order valence-corrected chi connectivity index (χ4v) is 2.96. The van der Waals surface area contributed by atoms with Crippen LogP contribution in [0.3, 0.4) is 0 Å². The number of methoxy groups -OCH3 is 1. The summed E-state index contributed by atoms with van der Waals surface area (Å²) < 4.78 is 6.80. The summed E-state index contributed by atoms with van der Waals surface area (Å²) in [7, 11) is 1.30. The number of carbonyl (C=O) groups excluding carboxylic acids is 2. The molecule has 2 aromatic heterocycles. The van der Waals surface area contributed by atoms with Gasteiger partial charge in [0.15, 0.2) is 0 Å². The Balaban J connectivity index is 1.77. The van der Waals surface area contributed by atoms with Gasteiger partial charge < -0.3 is 14.6 Å². The van der Waals surface area contributed by atoms with E-state index in [1.54, 1.807) is 6.07 Å². The number of aromatic amines is 1. The van der Waals surface area contributed by atoms with E-state index in [0.717, 1.165) is 22.6 Å². The van der Waals surface area contributed by atoms with Gasteiger partial charge in [-0.3, -0.25) is 9.89 Å². The lowest BCUT2D eigenvalue weighted by molar-refractivity contribution is -0.144. The second-order valence-electron chi connectivity index (χ2n) is 6.73. The molecule has 0 spiro atoms. The van der Waals surface area contributed by atoms with Crippen LogP contribution in [0, 0.1) is 12.8 Å². The third-order valence-corrected chi connectivity index (χ3v) is 4.45. The Labute approximate surface area is 156 Å². The van der Waals surface area contributed by atoms with Crippen molar-refractivity contribution in [3.05, 3.63) is 47.5 Å². The number of amides is 1. The highest BCUT2D eigenvalue weighted by molar-refractivity contribution is 5.95. The summed E-state index contributed by atoms with van der Waals surface area (Å²) in [4.78, 5) is 28.8. The molecule has 3 rings (SSSR count). The third-order valence-electron chi connectivity index (χ3n) is 4.45. The molecule has 0 aliphatic carbocycles. The number of nitrogens with one attached hydrogen (secondary N) is 2. The lowest BCUT2D eigenvalue weighted by atomic mass is 10.0. The van der Waals surface area contributed by atoms with Gasteiger partial charge in [-0.25, -0.2) is 9.78 Å². The van der Waals surface area contributed by atoms with Gasteiger partial charge in [0.2, 0.25) is 0 Å². The average molecular weight is 369 g/mol. The summed E-state index contributed by atoms with van der Waals surface area (Å²) in [6, 6.07) is 8.84. The molecule has 3 aromatic rings. The van der Waals surface area contributed by atoms with Crippen LogP contribution >= 0.6 is 0 Å². The fourth-order valence-electron chi connectivity index (χ4n) is 2.96. The van der Waals surface area contributed by atoms with Crippen molar-refractivity contribution in [2.24, 2.45) is 5.92 Å². The molecule has 0 fully saturated rings. The van der Waals surface area contributed by atoms with Crippen LogP contribution in [0.15, 0.2) is 30.3 Å². The zero-order chi connectivity index (χ0) is 19.6. The molecule has 0 radical (unpaired) electrons. The molecule has 1 aromatic carbocycles. The predicted molar refractivity (Wildman–Crippen MR) is 100 cm³/mol. The minimum atomic E-state index is -0.720. The van der Waals surface area contributed by atoms with Crippen molar-refractivity contribution in [2.75, 3.05) is 7.11 Å². The maximum Gasteiger partial charge on any atom is 0.328 e. The van der Waals surface area contributed by atoms with Crippen LogP contribution < -0.4 is 5.32 Å². The number of hydrogen-bond acceptors (Lipinski definition) is 5. The van der Waals surface area contributed by atoms with Crippen molar-refractivity contribution >= 4 is 22.9 Å². The van der Waals surface area contributed by atoms with E-state index in [0.29, 0.717) is 6.54 Å². The maximum atomic E-state index is 12.5. The first-order valence-electron chi connectivity index (χ1n) is 8.75. The van der Waals surface area contributed by atoms with E-state index in [1.807, 2.05) is 45.0 Å². The summed E-state index contributed by atoms with van der Waals surface area (Å²) in [5, 5.41) is 9.65. The number of benzene rings is 1. The predicted octanol–water partition coefficient (Wildman–Crippen LogP) is 2.04. The molecule has 8 nitrogen and oxygen atoms in total. The number of esters is 1. The molecule has 0 aliphatic heterocycles. The molecule has 1 amide bonds. The number of nitrogens with zero attached hydrogens (tertiary/aromatic N) is 3. The van der Waals surface area contributed by atoms with Crippen molar-refractivity contribution in [2.45, 2.75) is 33.4 Å². The maximum absolute atomic E-state index is 12.5. The first kappa shape index (κ1) is 18.6. The SMILES string of the molecule is COC(=O)[C@@H](NC(=O)c1cc(Cn2c(C)nc3ccccc32)[nH]n1)C(C)C. The second kappa shape index (κ2) is 7.61. The van der Waals surface area contributed by atoms with Crippen molar-refractivity contribution in [3.8, 4) is 0 Å². The van der Waals surface area contributed by atoms with Gasteiger partial charge in [-0.1, -0.05) is 26.0 Å². The van der Waals surface area contributed by atoms with Gasteiger partial charge >= 0.3 is 5.97 Å². The Morgan fingerprint density at radius 3 is 2.74 bits per heavy atom. The number of H-pyrrole nitrogens is 1. The van der Waals surface area contributed by atoms with Gasteiger partial charge in [-0.2, -0.15) is 5.10 Å². The normalized spacial score (nSPS) is 12.3. The van der Waals surface area contributed by atoms with Gasteiger partial charge in [0.05, 0.1) is 30.4 Å². The Hall–Kier alpha value is -3.16.